The quantitative estimate of drug-likeness (QED) is 0.894. The summed E-state index contributed by atoms with van der Waals surface area (Å²) < 4.78 is 11.3. The molecule has 1 aliphatic rings. The zero-order valence-electron chi connectivity index (χ0n) is 13.0. The van der Waals surface area contributed by atoms with Gasteiger partial charge < -0.3 is 14.6 Å². The van der Waals surface area contributed by atoms with Gasteiger partial charge in [-0.05, 0) is 42.3 Å². The maximum absolute atomic E-state index is 9.74. The first-order valence-corrected chi connectivity index (χ1v) is 7.44. The van der Waals surface area contributed by atoms with Crippen LogP contribution < -0.4 is 9.47 Å². The van der Waals surface area contributed by atoms with Crippen LogP contribution in [0.4, 0.5) is 0 Å². The molecule has 0 radical (unpaired) electrons. The van der Waals surface area contributed by atoms with Crippen molar-refractivity contribution in [3.8, 4) is 17.2 Å². The van der Waals surface area contributed by atoms with Crippen LogP contribution in [-0.4, -0.2) is 12.2 Å². The van der Waals surface area contributed by atoms with Crippen LogP contribution in [0, 0.1) is 0 Å². The van der Waals surface area contributed by atoms with E-state index in [-0.39, 0.29) is 17.8 Å². The number of ether oxygens (including phenoxy) is 2. The van der Waals surface area contributed by atoms with Crippen molar-refractivity contribution in [2.45, 2.75) is 25.9 Å². The van der Waals surface area contributed by atoms with Gasteiger partial charge >= 0.3 is 0 Å². The Hall–Kier alpha value is -2.42. The van der Waals surface area contributed by atoms with Crippen LogP contribution in [-0.2, 0) is 0 Å². The third-order valence-electron chi connectivity index (χ3n) is 4.12. The summed E-state index contributed by atoms with van der Waals surface area (Å²) in [5.41, 5.74) is 3.40. The first-order chi connectivity index (χ1) is 10.6. The van der Waals surface area contributed by atoms with Crippen molar-refractivity contribution < 1.29 is 14.6 Å². The van der Waals surface area contributed by atoms with Crippen LogP contribution in [0.5, 0.6) is 17.2 Å². The molecule has 1 N–H and O–H groups in total. The average Bonchev–Trinajstić information content (AvgIpc) is 2.85. The van der Waals surface area contributed by atoms with Crippen molar-refractivity contribution in [3.05, 3.63) is 59.2 Å². The number of rotatable bonds is 3. The van der Waals surface area contributed by atoms with Gasteiger partial charge in [0.15, 0.2) is 11.5 Å². The number of aromatic hydroxyl groups is 1. The minimum atomic E-state index is -0.0645. The Morgan fingerprint density at radius 2 is 2.00 bits per heavy atom. The molecule has 1 heterocycles. The van der Waals surface area contributed by atoms with Gasteiger partial charge in [-0.1, -0.05) is 31.2 Å². The van der Waals surface area contributed by atoms with Crippen LogP contribution in [0.1, 0.15) is 42.6 Å². The molecule has 3 heteroatoms. The largest absolute Gasteiger partial charge is 0.504 e. The van der Waals surface area contributed by atoms with Crippen molar-refractivity contribution in [2.24, 2.45) is 0 Å². The molecule has 114 valence electrons. The molecule has 22 heavy (non-hydrogen) atoms. The first kappa shape index (κ1) is 14.5. The summed E-state index contributed by atoms with van der Waals surface area (Å²) in [6, 6.07) is 11.6. The van der Waals surface area contributed by atoms with E-state index in [0.717, 1.165) is 11.3 Å². The molecule has 0 unspecified atom stereocenters. The Morgan fingerprint density at radius 1 is 1.18 bits per heavy atom. The molecule has 0 amide bonds. The van der Waals surface area contributed by atoms with Crippen LogP contribution in [0.15, 0.2) is 42.5 Å². The van der Waals surface area contributed by atoms with Gasteiger partial charge in [-0.15, -0.1) is 0 Å². The Kier molecular flexibility index (Phi) is 3.80. The molecule has 0 saturated heterocycles. The summed E-state index contributed by atoms with van der Waals surface area (Å²) in [5, 5.41) is 9.74. The summed E-state index contributed by atoms with van der Waals surface area (Å²) in [5.74, 6) is 1.79. The molecular weight excluding hydrogens is 276 g/mol. The lowest BCUT2D eigenvalue weighted by atomic mass is 9.92. The molecule has 2 aromatic carbocycles. The molecule has 1 aliphatic heterocycles. The molecule has 0 aliphatic carbocycles. The predicted molar refractivity (Wildman–Crippen MR) is 87.6 cm³/mol. The maximum Gasteiger partial charge on any atom is 0.160 e. The summed E-state index contributed by atoms with van der Waals surface area (Å²) in [6.07, 6.45) is 4.05. The Balaban J connectivity index is 1.95. The number of phenolic OH excluding ortho intramolecular Hbond substituents is 1. The SMILES string of the molecule is CC=Cc1ccc2c(c1)[C@H](C)[C@@H](c1ccc(O)c(OC)c1)O2. The summed E-state index contributed by atoms with van der Waals surface area (Å²) in [6.45, 7) is 4.17. The summed E-state index contributed by atoms with van der Waals surface area (Å²) in [4.78, 5) is 0. The topological polar surface area (TPSA) is 38.7 Å². The monoisotopic (exact) mass is 296 g/mol. The second-order valence-corrected chi connectivity index (χ2v) is 5.56. The Labute approximate surface area is 130 Å². The van der Waals surface area contributed by atoms with Gasteiger partial charge in [-0.2, -0.15) is 0 Å². The highest BCUT2D eigenvalue weighted by atomic mass is 16.5. The van der Waals surface area contributed by atoms with Crippen molar-refractivity contribution in [1.29, 1.82) is 0 Å². The van der Waals surface area contributed by atoms with Gasteiger partial charge in [0.25, 0.3) is 0 Å². The zero-order valence-corrected chi connectivity index (χ0v) is 13.0. The fraction of sp³-hybridized carbons (Fsp3) is 0.263. The van der Waals surface area contributed by atoms with Crippen molar-refractivity contribution in [1.82, 2.24) is 0 Å². The van der Waals surface area contributed by atoms with E-state index in [1.165, 1.54) is 11.1 Å². The fourth-order valence-electron chi connectivity index (χ4n) is 2.96. The van der Waals surface area contributed by atoms with E-state index in [9.17, 15) is 5.11 Å². The van der Waals surface area contributed by atoms with E-state index in [1.54, 1.807) is 13.2 Å². The smallest absolute Gasteiger partial charge is 0.160 e. The molecule has 0 bridgehead atoms. The van der Waals surface area contributed by atoms with Crippen LogP contribution in [0.25, 0.3) is 6.08 Å². The van der Waals surface area contributed by atoms with Gasteiger partial charge in [0.05, 0.1) is 7.11 Å². The van der Waals surface area contributed by atoms with E-state index in [1.807, 2.05) is 31.2 Å². The van der Waals surface area contributed by atoms with E-state index in [2.05, 4.69) is 25.1 Å². The first-order valence-electron chi connectivity index (χ1n) is 7.44. The minimum Gasteiger partial charge on any atom is -0.504 e. The molecule has 3 rings (SSSR count). The molecule has 2 aromatic rings. The van der Waals surface area contributed by atoms with Gasteiger partial charge in [-0.3, -0.25) is 0 Å². The van der Waals surface area contributed by atoms with E-state index < -0.39 is 0 Å². The van der Waals surface area contributed by atoms with E-state index in [4.69, 9.17) is 9.47 Å². The highest BCUT2D eigenvalue weighted by molar-refractivity contribution is 5.56. The average molecular weight is 296 g/mol. The number of phenols is 1. The second-order valence-electron chi connectivity index (χ2n) is 5.56. The normalized spacial score (nSPS) is 20.0. The molecule has 0 aromatic heterocycles. The zero-order chi connectivity index (χ0) is 15.7. The van der Waals surface area contributed by atoms with Gasteiger partial charge in [0.2, 0.25) is 0 Å². The van der Waals surface area contributed by atoms with E-state index >= 15 is 0 Å². The number of hydrogen-bond donors (Lipinski definition) is 1. The fourth-order valence-corrected chi connectivity index (χ4v) is 2.96. The molecule has 0 fully saturated rings. The molecular formula is C19H20O3. The number of hydrogen-bond acceptors (Lipinski definition) is 3. The number of allylic oxidation sites excluding steroid dienone is 1. The van der Waals surface area contributed by atoms with Crippen LogP contribution in [0.3, 0.4) is 0 Å². The molecule has 0 saturated carbocycles. The second kappa shape index (κ2) is 5.76. The summed E-state index contributed by atoms with van der Waals surface area (Å²) in [7, 11) is 1.55. The molecule has 2 atom stereocenters. The number of benzene rings is 2. The standard InChI is InChI=1S/C19H20O3/c1-4-5-13-6-9-17-15(10-13)12(2)19(22-17)14-7-8-16(20)18(11-14)21-3/h4-12,19-20H,1-3H3/t12-,19-/m0/s1. The minimum absolute atomic E-state index is 0.0645. The third-order valence-corrected chi connectivity index (χ3v) is 4.12. The van der Waals surface area contributed by atoms with E-state index in [0.29, 0.717) is 5.75 Å². The summed E-state index contributed by atoms with van der Waals surface area (Å²) >= 11 is 0. The van der Waals surface area contributed by atoms with Crippen LogP contribution >= 0.6 is 0 Å². The lowest BCUT2D eigenvalue weighted by Crippen LogP contribution is -2.07. The van der Waals surface area contributed by atoms with Gasteiger partial charge in [-0.25, -0.2) is 0 Å². The Bertz CT molecular complexity index is 719. The lowest BCUT2D eigenvalue weighted by molar-refractivity contribution is 0.215. The van der Waals surface area contributed by atoms with Crippen LogP contribution in [0.2, 0.25) is 0 Å². The van der Waals surface area contributed by atoms with Crippen molar-refractivity contribution in [3.63, 3.8) is 0 Å². The maximum atomic E-state index is 9.74. The third kappa shape index (κ3) is 2.43. The number of fused-ring (bicyclic) bond motifs is 1. The number of methoxy groups -OCH3 is 1. The highest BCUT2D eigenvalue weighted by Crippen LogP contribution is 2.47. The van der Waals surface area contributed by atoms with Crippen molar-refractivity contribution in [2.75, 3.05) is 7.11 Å². The molecule has 0 spiro atoms. The predicted octanol–water partition coefficient (Wildman–Crippen LogP) is 4.67. The Morgan fingerprint density at radius 3 is 2.73 bits per heavy atom. The van der Waals surface area contributed by atoms with Gasteiger partial charge in [0.1, 0.15) is 11.9 Å². The highest BCUT2D eigenvalue weighted by Gasteiger charge is 2.32. The lowest BCUT2D eigenvalue weighted by Gasteiger charge is -2.17. The van der Waals surface area contributed by atoms with Crippen molar-refractivity contribution >= 4 is 6.08 Å². The van der Waals surface area contributed by atoms with Gasteiger partial charge in [0, 0.05) is 11.5 Å². The molecule has 3 nitrogen and oxygen atoms in total.